The van der Waals surface area contributed by atoms with Crippen LogP contribution >= 0.6 is 11.6 Å². The fourth-order valence-electron chi connectivity index (χ4n) is 4.15. The lowest BCUT2D eigenvalue weighted by Crippen LogP contribution is -2.70. The number of halogens is 5. The van der Waals surface area contributed by atoms with Gasteiger partial charge in [-0.3, -0.25) is 14.6 Å². The van der Waals surface area contributed by atoms with Gasteiger partial charge in [0.15, 0.2) is 5.82 Å². The zero-order chi connectivity index (χ0) is 21.8. The molecule has 4 heterocycles. The number of hydrogen-bond acceptors (Lipinski definition) is 4. The normalized spacial score (nSPS) is 22.9. The number of rotatable bonds is 5. The molecule has 3 fully saturated rings. The minimum absolute atomic E-state index is 0.0614. The molecule has 1 aromatic heterocycles. The summed E-state index contributed by atoms with van der Waals surface area (Å²) in [5, 5.41) is 2.47. The fourth-order valence-corrected chi connectivity index (χ4v) is 4.35. The van der Waals surface area contributed by atoms with E-state index in [2.05, 4.69) is 20.2 Å². The van der Waals surface area contributed by atoms with Crippen molar-refractivity contribution >= 4 is 28.5 Å². The quantitative estimate of drug-likeness (QED) is 0.691. The van der Waals surface area contributed by atoms with Crippen LogP contribution in [0.15, 0.2) is 12.1 Å². The van der Waals surface area contributed by atoms with Crippen LogP contribution in [0.2, 0.25) is 5.02 Å². The Balaban J connectivity index is 1.34. The Kier molecular flexibility index (Phi) is 5.22. The topological polar surface area (TPSA) is 64.3 Å². The number of hydrogen-bond donors (Lipinski definition) is 2. The van der Waals surface area contributed by atoms with Crippen LogP contribution in [-0.2, 0) is 11.3 Å². The van der Waals surface area contributed by atoms with Crippen LogP contribution in [0.3, 0.4) is 0 Å². The molecule has 3 aliphatic rings. The number of aromatic nitrogens is 2. The third-order valence-corrected chi connectivity index (χ3v) is 6.19. The molecule has 0 radical (unpaired) electrons. The molecule has 11 heteroatoms. The van der Waals surface area contributed by atoms with Crippen molar-refractivity contribution in [1.82, 2.24) is 25.1 Å². The van der Waals surface area contributed by atoms with Crippen LogP contribution in [0.5, 0.6) is 0 Å². The average molecular weight is 448 g/mol. The number of imidazole rings is 1. The summed E-state index contributed by atoms with van der Waals surface area (Å²) in [6, 6.07) is 2.93. The van der Waals surface area contributed by atoms with Crippen LogP contribution < -0.4 is 5.32 Å². The van der Waals surface area contributed by atoms with Crippen molar-refractivity contribution in [3.8, 4) is 0 Å². The zero-order valence-corrected chi connectivity index (χ0v) is 17.2. The largest absolute Gasteiger partial charge is 0.410 e. The van der Waals surface area contributed by atoms with Gasteiger partial charge in [0.05, 0.1) is 23.6 Å². The second-order valence-corrected chi connectivity index (χ2v) is 8.92. The molecule has 2 N–H and O–H groups in total. The predicted molar refractivity (Wildman–Crippen MR) is 104 cm³/mol. The number of carbonyl (C=O) groups excluding carboxylic acids is 1. The minimum atomic E-state index is -4.51. The molecule has 1 amide bonds. The summed E-state index contributed by atoms with van der Waals surface area (Å²) in [5.74, 6) is -0.491. The number of nitrogens with zero attached hydrogens (tertiary/aromatic N) is 3. The summed E-state index contributed by atoms with van der Waals surface area (Å²) < 4.78 is 52.8. The smallest absolute Gasteiger partial charge is 0.341 e. The second-order valence-electron chi connectivity index (χ2n) is 8.52. The summed E-state index contributed by atoms with van der Waals surface area (Å²) in [4.78, 5) is 23.6. The summed E-state index contributed by atoms with van der Waals surface area (Å²) in [6.45, 7) is 3.62. The van der Waals surface area contributed by atoms with Crippen molar-refractivity contribution in [1.29, 1.82) is 0 Å². The number of piperazine rings is 1. The number of fused-ring (bicyclic) bond motifs is 3. The van der Waals surface area contributed by atoms with Gasteiger partial charge in [0.2, 0.25) is 5.91 Å². The molecule has 2 atom stereocenters. The molecule has 3 aliphatic heterocycles. The van der Waals surface area contributed by atoms with Crippen molar-refractivity contribution in [3.05, 3.63) is 28.8 Å². The molecule has 6 nitrogen and oxygen atoms in total. The van der Waals surface area contributed by atoms with Gasteiger partial charge in [-0.05, 0) is 32.4 Å². The lowest BCUT2D eigenvalue weighted by atomic mass is 9.87. The number of aromatic amines is 1. The molecule has 164 valence electrons. The third kappa shape index (κ3) is 3.88. The van der Waals surface area contributed by atoms with Gasteiger partial charge >= 0.3 is 6.18 Å². The number of amides is 1. The van der Waals surface area contributed by atoms with E-state index in [-0.39, 0.29) is 24.1 Å². The molecule has 2 unspecified atom stereocenters. The maximum atomic E-state index is 13.9. The van der Waals surface area contributed by atoms with Gasteiger partial charge in [-0.2, -0.15) is 13.2 Å². The summed E-state index contributed by atoms with van der Waals surface area (Å²) in [5.41, 5.74) is -1.61. The highest BCUT2D eigenvalue weighted by Crippen LogP contribution is 2.34. The SMILES string of the molecule is CC(C)(NC(=O)CN1C2CC1CN(Cc1nc3c(F)ccc(Cl)c3[nH]1)C2)C(F)(F)F. The van der Waals surface area contributed by atoms with Gasteiger partial charge in [-0.1, -0.05) is 11.6 Å². The number of piperidine rings is 1. The zero-order valence-electron chi connectivity index (χ0n) is 16.5. The van der Waals surface area contributed by atoms with E-state index in [0.717, 1.165) is 20.3 Å². The molecule has 3 saturated heterocycles. The van der Waals surface area contributed by atoms with Gasteiger partial charge in [-0.15, -0.1) is 0 Å². The first-order valence-electron chi connectivity index (χ1n) is 9.63. The number of H-pyrrole nitrogens is 1. The van der Waals surface area contributed by atoms with Crippen molar-refractivity contribution in [2.24, 2.45) is 0 Å². The van der Waals surface area contributed by atoms with E-state index >= 15 is 0 Å². The van der Waals surface area contributed by atoms with Crippen LogP contribution in [0.25, 0.3) is 11.0 Å². The van der Waals surface area contributed by atoms with Crippen LogP contribution in [0.1, 0.15) is 26.1 Å². The molecule has 2 bridgehead atoms. The van der Waals surface area contributed by atoms with Crippen molar-refractivity contribution in [2.75, 3.05) is 19.6 Å². The molecular formula is C19H22ClF4N5O. The van der Waals surface area contributed by atoms with Crippen LogP contribution in [0, 0.1) is 5.82 Å². The van der Waals surface area contributed by atoms with E-state index in [1.54, 1.807) is 0 Å². The molecule has 0 saturated carbocycles. The summed E-state index contributed by atoms with van der Waals surface area (Å²) in [6.07, 6.45) is -3.62. The summed E-state index contributed by atoms with van der Waals surface area (Å²) >= 11 is 6.09. The molecule has 0 aliphatic carbocycles. The van der Waals surface area contributed by atoms with Gasteiger partial charge < -0.3 is 10.3 Å². The molecule has 30 heavy (non-hydrogen) atoms. The van der Waals surface area contributed by atoms with E-state index in [0.29, 0.717) is 36.0 Å². The number of alkyl halides is 3. The van der Waals surface area contributed by atoms with Crippen molar-refractivity contribution in [3.63, 3.8) is 0 Å². The Morgan fingerprint density at radius 3 is 2.57 bits per heavy atom. The number of benzene rings is 1. The van der Waals surface area contributed by atoms with E-state index in [1.165, 1.54) is 12.1 Å². The maximum Gasteiger partial charge on any atom is 0.410 e. The van der Waals surface area contributed by atoms with E-state index in [1.807, 2.05) is 4.90 Å². The van der Waals surface area contributed by atoms with Crippen LogP contribution in [-0.4, -0.2) is 69.1 Å². The highest BCUT2D eigenvalue weighted by molar-refractivity contribution is 6.34. The Hall–Kier alpha value is -1.91. The Labute approximate surface area is 175 Å². The first-order chi connectivity index (χ1) is 13.9. The van der Waals surface area contributed by atoms with Gasteiger partial charge in [0, 0.05) is 25.2 Å². The van der Waals surface area contributed by atoms with Gasteiger partial charge in [-0.25, -0.2) is 9.37 Å². The molecule has 2 aromatic rings. The Morgan fingerprint density at radius 1 is 1.30 bits per heavy atom. The van der Waals surface area contributed by atoms with Crippen molar-refractivity contribution in [2.45, 2.75) is 50.6 Å². The third-order valence-electron chi connectivity index (χ3n) is 5.87. The number of carbonyl (C=O) groups is 1. The first-order valence-corrected chi connectivity index (χ1v) is 10.0. The van der Waals surface area contributed by atoms with E-state index in [9.17, 15) is 22.4 Å². The Morgan fingerprint density at radius 2 is 1.97 bits per heavy atom. The minimum Gasteiger partial charge on any atom is -0.341 e. The fraction of sp³-hybridized carbons (Fsp3) is 0.579. The van der Waals surface area contributed by atoms with Crippen LogP contribution in [0.4, 0.5) is 17.6 Å². The van der Waals surface area contributed by atoms with Gasteiger partial charge in [0.1, 0.15) is 16.9 Å². The Bertz CT molecular complexity index is 925. The molecule has 5 rings (SSSR count). The lowest BCUT2D eigenvalue weighted by molar-refractivity contribution is -0.189. The highest BCUT2D eigenvalue weighted by atomic mass is 35.5. The standard InChI is InChI=1S/C19H22ClF4N5O/c1-18(2,19(22,23)24)27-15(30)9-29-10-5-11(29)7-28(6-10)8-14-25-16-12(20)3-4-13(21)17(16)26-14/h3-4,10-11H,5-9H2,1-2H3,(H,25,26)(H,27,30). The average Bonchev–Trinajstić information content (AvgIpc) is 3.06. The highest BCUT2D eigenvalue weighted by Gasteiger charge is 2.50. The van der Waals surface area contributed by atoms with Gasteiger partial charge in [0.25, 0.3) is 0 Å². The van der Waals surface area contributed by atoms with E-state index < -0.39 is 23.4 Å². The predicted octanol–water partition coefficient (Wildman–Crippen LogP) is 3.07. The molecular weight excluding hydrogens is 426 g/mol. The maximum absolute atomic E-state index is 13.9. The summed E-state index contributed by atoms with van der Waals surface area (Å²) in [7, 11) is 0. The van der Waals surface area contributed by atoms with Crippen molar-refractivity contribution < 1.29 is 22.4 Å². The monoisotopic (exact) mass is 447 g/mol. The van der Waals surface area contributed by atoms with E-state index in [4.69, 9.17) is 11.6 Å². The first kappa shape index (κ1) is 21.3. The number of nitrogens with one attached hydrogen (secondary N) is 2. The molecule has 0 spiro atoms. The second kappa shape index (κ2) is 7.35. The lowest BCUT2D eigenvalue weighted by Gasteiger charge is -2.56. The molecule has 1 aromatic carbocycles.